The second kappa shape index (κ2) is 14.0. The lowest BCUT2D eigenvalue weighted by Crippen LogP contribution is -2.42. The molecule has 1 aromatic rings. The van der Waals surface area contributed by atoms with E-state index in [2.05, 4.69) is 54.6 Å². The van der Waals surface area contributed by atoms with E-state index < -0.39 is 0 Å². The number of halogens is 1. The summed E-state index contributed by atoms with van der Waals surface area (Å²) in [4.78, 5) is 7.18. The number of methoxy groups -OCH3 is 1. The average Bonchev–Trinajstić information content (AvgIpc) is 2.66. The Bertz CT molecular complexity index is 590. The molecule has 6 nitrogen and oxygen atoms in total. The minimum Gasteiger partial charge on any atom is -0.491 e. The molecular weight excluding hydrogens is 467 g/mol. The number of ether oxygens (including phenoxy) is 2. The zero-order chi connectivity index (χ0) is 19.5. The van der Waals surface area contributed by atoms with Crippen molar-refractivity contribution in [3.63, 3.8) is 0 Å². The monoisotopic (exact) mass is 504 g/mol. The lowest BCUT2D eigenvalue weighted by Gasteiger charge is -2.29. The predicted octanol–water partition coefficient (Wildman–Crippen LogP) is 3.04. The van der Waals surface area contributed by atoms with E-state index in [0.29, 0.717) is 19.8 Å². The molecule has 0 saturated carbocycles. The quantitative estimate of drug-likeness (QED) is 0.235. The van der Waals surface area contributed by atoms with Gasteiger partial charge >= 0.3 is 0 Å². The van der Waals surface area contributed by atoms with Crippen LogP contribution in [0.15, 0.2) is 23.2 Å². The highest BCUT2D eigenvalue weighted by Gasteiger charge is 2.16. The normalized spacial score (nSPS) is 15.8. The molecular formula is C21H37IN4O2. The Morgan fingerprint density at radius 2 is 1.96 bits per heavy atom. The lowest BCUT2D eigenvalue weighted by molar-refractivity contribution is 0.145. The van der Waals surface area contributed by atoms with Crippen molar-refractivity contribution in [3.8, 4) is 5.75 Å². The van der Waals surface area contributed by atoms with Crippen LogP contribution in [-0.2, 0) is 11.3 Å². The van der Waals surface area contributed by atoms with E-state index in [4.69, 9.17) is 14.5 Å². The standard InChI is InChI=1S/C21H36N4O2.HI/c1-5-22-21(23-15-18-8-10-25(3)11-9-18)24-16-19-7-6-17(2)14-20(19)27-13-12-26-4;/h6-7,14,18H,5,8-13,15-16H2,1-4H3,(H2,22,23,24);1H. The van der Waals surface area contributed by atoms with Gasteiger partial charge in [0, 0.05) is 25.8 Å². The van der Waals surface area contributed by atoms with E-state index in [1.165, 1.54) is 31.5 Å². The minimum atomic E-state index is 0. The molecule has 28 heavy (non-hydrogen) atoms. The van der Waals surface area contributed by atoms with Crippen LogP contribution in [0.5, 0.6) is 5.75 Å². The number of hydrogen-bond donors (Lipinski definition) is 2. The molecule has 1 aliphatic heterocycles. The van der Waals surface area contributed by atoms with Crippen molar-refractivity contribution in [2.24, 2.45) is 10.9 Å². The van der Waals surface area contributed by atoms with Crippen LogP contribution in [0.25, 0.3) is 0 Å². The zero-order valence-corrected chi connectivity index (χ0v) is 20.1. The molecule has 0 amide bonds. The molecule has 1 saturated heterocycles. The molecule has 1 heterocycles. The van der Waals surface area contributed by atoms with Gasteiger partial charge < -0.3 is 25.0 Å². The van der Waals surface area contributed by atoms with Crippen LogP contribution in [0.1, 0.15) is 30.9 Å². The van der Waals surface area contributed by atoms with Crippen molar-refractivity contribution >= 4 is 29.9 Å². The Morgan fingerprint density at radius 1 is 1.21 bits per heavy atom. The largest absolute Gasteiger partial charge is 0.491 e. The molecule has 0 aliphatic carbocycles. The summed E-state index contributed by atoms with van der Waals surface area (Å²) in [5.41, 5.74) is 2.27. The minimum absolute atomic E-state index is 0. The summed E-state index contributed by atoms with van der Waals surface area (Å²) in [6.07, 6.45) is 2.50. The van der Waals surface area contributed by atoms with Gasteiger partial charge in [-0.1, -0.05) is 12.1 Å². The van der Waals surface area contributed by atoms with Crippen molar-refractivity contribution in [2.45, 2.75) is 33.2 Å². The van der Waals surface area contributed by atoms with Crippen molar-refractivity contribution in [1.29, 1.82) is 0 Å². The van der Waals surface area contributed by atoms with E-state index >= 15 is 0 Å². The van der Waals surface area contributed by atoms with Crippen LogP contribution in [0.3, 0.4) is 0 Å². The zero-order valence-electron chi connectivity index (χ0n) is 17.8. The van der Waals surface area contributed by atoms with Gasteiger partial charge in [0.1, 0.15) is 12.4 Å². The molecule has 2 rings (SSSR count). The van der Waals surface area contributed by atoms with E-state index in [1.807, 2.05) is 0 Å². The predicted molar refractivity (Wildman–Crippen MR) is 127 cm³/mol. The van der Waals surface area contributed by atoms with E-state index in [0.717, 1.165) is 36.3 Å². The Hall–Kier alpha value is -1.06. The Balaban J connectivity index is 0.00000392. The van der Waals surface area contributed by atoms with Crippen LogP contribution < -0.4 is 15.4 Å². The summed E-state index contributed by atoms with van der Waals surface area (Å²) < 4.78 is 11.0. The van der Waals surface area contributed by atoms with Gasteiger partial charge in [-0.05, 0) is 64.4 Å². The number of likely N-dealkylation sites (tertiary alicyclic amines) is 1. The summed E-state index contributed by atoms with van der Waals surface area (Å²) in [5.74, 6) is 2.49. The van der Waals surface area contributed by atoms with Gasteiger partial charge in [0.05, 0.1) is 13.2 Å². The lowest BCUT2D eigenvalue weighted by atomic mass is 9.97. The molecule has 0 unspecified atom stereocenters. The Kier molecular flexibility index (Phi) is 12.5. The topological polar surface area (TPSA) is 58.1 Å². The molecule has 0 spiro atoms. The highest BCUT2D eigenvalue weighted by atomic mass is 127. The fourth-order valence-electron chi connectivity index (χ4n) is 3.17. The number of hydrogen-bond acceptors (Lipinski definition) is 4. The van der Waals surface area contributed by atoms with E-state index in [-0.39, 0.29) is 24.0 Å². The number of aliphatic imine (C=N–C) groups is 1. The smallest absolute Gasteiger partial charge is 0.191 e. The molecule has 160 valence electrons. The van der Waals surface area contributed by atoms with Crippen LogP contribution >= 0.6 is 24.0 Å². The fourth-order valence-corrected chi connectivity index (χ4v) is 3.17. The fraction of sp³-hybridized carbons (Fsp3) is 0.667. The third-order valence-electron chi connectivity index (χ3n) is 4.92. The molecule has 1 aliphatic rings. The summed E-state index contributed by atoms with van der Waals surface area (Å²) in [6, 6.07) is 6.27. The van der Waals surface area contributed by atoms with Gasteiger partial charge in [0.25, 0.3) is 0 Å². The van der Waals surface area contributed by atoms with Crippen molar-refractivity contribution in [2.75, 3.05) is 53.6 Å². The second-order valence-corrected chi connectivity index (χ2v) is 7.28. The number of guanidine groups is 1. The number of rotatable bonds is 9. The van der Waals surface area contributed by atoms with Crippen molar-refractivity contribution in [3.05, 3.63) is 29.3 Å². The molecule has 1 aromatic carbocycles. The molecule has 2 N–H and O–H groups in total. The first-order valence-corrected chi connectivity index (χ1v) is 10.0. The number of nitrogens with one attached hydrogen (secondary N) is 2. The number of piperidine rings is 1. The first-order chi connectivity index (χ1) is 13.1. The van der Waals surface area contributed by atoms with Gasteiger partial charge in [-0.15, -0.1) is 24.0 Å². The highest BCUT2D eigenvalue weighted by molar-refractivity contribution is 14.0. The first-order valence-electron chi connectivity index (χ1n) is 10.0. The number of benzene rings is 1. The highest BCUT2D eigenvalue weighted by Crippen LogP contribution is 2.21. The average molecular weight is 504 g/mol. The number of nitrogens with zero attached hydrogens (tertiary/aromatic N) is 2. The van der Waals surface area contributed by atoms with Crippen molar-refractivity contribution in [1.82, 2.24) is 15.5 Å². The maximum absolute atomic E-state index is 5.88. The molecule has 0 radical (unpaired) electrons. The molecule has 0 atom stereocenters. The first kappa shape index (κ1) is 25.0. The Labute approximate surface area is 187 Å². The maximum Gasteiger partial charge on any atom is 0.191 e. The SMILES string of the molecule is CCNC(=NCc1ccc(C)cc1OCCOC)NCC1CCN(C)CC1.I. The Morgan fingerprint density at radius 3 is 2.64 bits per heavy atom. The molecule has 1 fully saturated rings. The summed E-state index contributed by atoms with van der Waals surface area (Å²) in [6.45, 7) is 10.1. The van der Waals surface area contributed by atoms with E-state index in [9.17, 15) is 0 Å². The molecule has 0 bridgehead atoms. The molecule has 0 aromatic heterocycles. The van der Waals surface area contributed by atoms with Gasteiger partial charge in [0.2, 0.25) is 0 Å². The van der Waals surface area contributed by atoms with Gasteiger partial charge in [-0.3, -0.25) is 0 Å². The van der Waals surface area contributed by atoms with Crippen LogP contribution in [0, 0.1) is 12.8 Å². The third-order valence-corrected chi connectivity index (χ3v) is 4.92. The summed E-state index contributed by atoms with van der Waals surface area (Å²) in [7, 11) is 3.88. The second-order valence-electron chi connectivity index (χ2n) is 7.28. The number of aryl methyl sites for hydroxylation is 1. The van der Waals surface area contributed by atoms with Crippen LogP contribution in [0.4, 0.5) is 0 Å². The van der Waals surface area contributed by atoms with Crippen LogP contribution in [0.2, 0.25) is 0 Å². The third kappa shape index (κ3) is 8.96. The van der Waals surface area contributed by atoms with Crippen LogP contribution in [-0.4, -0.2) is 64.4 Å². The molecule has 7 heteroatoms. The van der Waals surface area contributed by atoms with Gasteiger partial charge in [0.15, 0.2) is 5.96 Å². The maximum atomic E-state index is 5.88. The van der Waals surface area contributed by atoms with Gasteiger partial charge in [-0.25, -0.2) is 4.99 Å². The van der Waals surface area contributed by atoms with E-state index in [1.54, 1.807) is 7.11 Å². The summed E-state index contributed by atoms with van der Waals surface area (Å²) >= 11 is 0. The van der Waals surface area contributed by atoms with Crippen molar-refractivity contribution < 1.29 is 9.47 Å². The van der Waals surface area contributed by atoms with Gasteiger partial charge in [-0.2, -0.15) is 0 Å². The summed E-state index contributed by atoms with van der Waals surface area (Å²) in [5, 5.41) is 6.87.